The quantitative estimate of drug-likeness (QED) is 0.488. The third kappa shape index (κ3) is 8.76. The molecule has 0 aliphatic rings. The standard InChI is InChI=1S/C18H26ClF3N2O2/c1-12(11-23-9-5-6-16(25)26-17(2,3)4)24-13-7-8-14(15(19)10-13)18(20,21)22/h7-8,10,12,23-24H,5-6,9,11H2,1-4H3/t12-/m1/s1. The molecular formula is C18H26ClF3N2O2. The van der Waals surface area contributed by atoms with Crippen LogP contribution < -0.4 is 10.6 Å². The predicted octanol–water partition coefficient (Wildman–Crippen LogP) is 4.87. The van der Waals surface area contributed by atoms with Gasteiger partial charge >= 0.3 is 12.1 Å². The number of alkyl halides is 3. The Kier molecular flexibility index (Phi) is 8.21. The second-order valence-corrected chi connectivity index (χ2v) is 7.54. The molecular weight excluding hydrogens is 369 g/mol. The predicted molar refractivity (Wildman–Crippen MR) is 97.5 cm³/mol. The molecule has 0 amide bonds. The number of esters is 1. The minimum Gasteiger partial charge on any atom is -0.460 e. The normalized spacial score (nSPS) is 13.4. The lowest BCUT2D eigenvalue weighted by molar-refractivity contribution is -0.154. The maximum absolute atomic E-state index is 12.7. The van der Waals surface area contributed by atoms with Crippen molar-refractivity contribution in [2.45, 2.75) is 58.4 Å². The van der Waals surface area contributed by atoms with Crippen molar-refractivity contribution >= 4 is 23.3 Å². The number of hydrogen-bond acceptors (Lipinski definition) is 4. The highest BCUT2D eigenvalue weighted by Crippen LogP contribution is 2.35. The summed E-state index contributed by atoms with van der Waals surface area (Å²) in [5.74, 6) is -0.232. The first-order valence-corrected chi connectivity index (χ1v) is 8.82. The molecule has 0 bridgehead atoms. The van der Waals surface area contributed by atoms with E-state index in [1.165, 1.54) is 12.1 Å². The zero-order valence-electron chi connectivity index (χ0n) is 15.5. The number of anilines is 1. The Morgan fingerprint density at radius 3 is 2.46 bits per heavy atom. The number of carbonyl (C=O) groups is 1. The molecule has 1 atom stereocenters. The van der Waals surface area contributed by atoms with Crippen LogP contribution in [0, 0.1) is 0 Å². The number of rotatable bonds is 8. The van der Waals surface area contributed by atoms with Crippen LogP contribution in [0.3, 0.4) is 0 Å². The van der Waals surface area contributed by atoms with Crippen LogP contribution >= 0.6 is 11.6 Å². The van der Waals surface area contributed by atoms with E-state index in [0.29, 0.717) is 31.6 Å². The lowest BCUT2D eigenvalue weighted by Crippen LogP contribution is -2.31. The monoisotopic (exact) mass is 394 g/mol. The summed E-state index contributed by atoms with van der Waals surface area (Å²) in [6, 6.07) is 3.56. The van der Waals surface area contributed by atoms with Crippen molar-refractivity contribution in [1.29, 1.82) is 0 Å². The fourth-order valence-corrected chi connectivity index (χ4v) is 2.53. The first-order valence-electron chi connectivity index (χ1n) is 8.44. The maximum Gasteiger partial charge on any atom is 0.417 e. The highest BCUT2D eigenvalue weighted by molar-refractivity contribution is 6.31. The molecule has 0 aliphatic heterocycles. The molecule has 148 valence electrons. The van der Waals surface area contributed by atoms with E-state index in [1.54, 1.807) is 0 Å². The van der Waals surface area contributed by atoms with Crippen LogP contribution in [0.2, 0.25) is 5.02 Å². The summed E-state index contributed by atoms with van der Waals surface area (Å²) in [7, 11) is 0. The van der Waals surface area contributed by atoms with Gasteiger partial charge in [0.05, 0.1) is 10.6 Å². The van der Waals surface area contributed by atoms with Crippen LogP contribution in [-0.2, 0) is 15.7 Å². The minimum atomic E-state index is -4.46. The second-order valence-electron chi connectivity index (χ2n) is 7.13. The average Bonchev–Trinajstić information content (AvgIpc) is 2.43. The van der Waals surface area contributed by atoms with Crippen LogP contribution in [0.15, 0.2) is 18.2 Å². The zero-order valence-corrected chi connectivity index (χ0v) is 16.2. The van der Waals surface area contributed by atoms with Crippen molar-refractivity contribution in [3.63, 3.8) is 0 Å². The van der Waals surface area contributed by atoms with Crippen molar-refractivity contribution in [1.82, 2.24) is 5.32 Å². The summed E-state index contributed by atoms with van der Waals surface area (Å²) in [5, 5.41) is 5.94. The van der Waals surface area contributed by atoms with Crippen LogP contribution in [0.1, 0.15) is 46.1 Å². The van der Waals surface area contributed by atoms with Gasteiger partial charge in [-0.3, -0.25) is 4.79 Å². The molecule has 1 aromatic rings. The van der Waals surface area contributed by atoms with Gasteiger partial charge in [-0.05, 0) is 58.9 Å². The number of ether oxygens (including phenoxy) is 1. The van der Waals surface area contributed by atoms with Gasteiger partial charge < -0.3 is 15.4 Å². The summed E-state index contributed by atoms with van der Waals surface area (Å²) < 4.78 is 43.3. The van der Waals surface area contributed by atoms with E-state index in [9.17, 15) is 18.0 Å². The number of nitrogens with one attached hydrogen (secondary N) is 2. The van der Waals surface area contributed by atoms with Gasteiger partial charge in [0, 0.05) is 24.7 Å². The molecule has 0 saturated carbocycles. The molecule has 4 nitrogen and oxygen atoms in total. The third-order valence-electron chi connectivity index (χ3n) is 3.29. The third-order valence-corrected chi connectivity index (χ3v) is 3.61. The van der Waals surface area contributed by atoms with E-state index in [2.05, 4.69) is 10.6 Å². The van der Waals surface area contributed by atoms with Crippen molar-refractivity contribution in [3.8, 4) is 0 Å². The Hall–Kier alpha value is -1.47. The Morgan fingerprint density at radius 2 is 1.92 bits per heavy atom. The van der Waals surface area contributed by atoms with Crippen LogP contribution in [0.25, 0.3) is 0 Å². The Balaban J connectivity index is 2.32. The lowest BCUT2D eigenvalue weighted by Gasteiger charge is -2.19. The molecule has 0 aliphatic carbocycles. The second kappa shape index (κ2) is 9.46. The van der Waals surface area contributed by atoms with Crippen molar-refractivity contribution in [2.75, 3.05) is 18.4 Å². The zero-order chi connectivity index (χ0) is 20.0. The summed E-state index contributed by atoms with van der Waals surface area (Å²) in [5.41, 5.74) is -0.810. The number of halogens is 4. The van der Waals surface area contributed by atoms with Gasteiger partial charge in [0.1, 0.15) is 5.60 Å². The van der Waals surface area contributed by atoms with Gasteiger partial charge in [-0.1, -0.05) is 11.6 Å². The number of hydrogen-bond donors (Lipinski definition) is 2. The SMILES string of the molecule is C[C@H](CNCCCC(=O)OC(C)(C)C)Nc1ccc(C(F)(F)F)c(Cl)c1. The largest absolute Gasteiger partial charge is 0.460 e. The smallest absolute Gasteiger partial charge is 0.417 e. The molecule has 0 heterocycles. The topological polar surface area (TPSA) is 50.4 Å². The summed E-state index contributed by atoms with van der Waals surface area (Å²) in [6.07, 6.45) is -3.48. The van der Waals surface area contributed by atoms with E-state index < -0.39 is 17.3 Å². The van der Waals surface area contributed by atoms with Gasteiger partial charge in [-0.2, -0.15) is 13.2 Å². The fraction of sp³-hybridized carbons (Fsp3) is 0.611. The van der Waals surface area contributed by atoms with Crippen molar-refractivity contribution in [3.05, 3.63) is 28.8 Å². The summed E-state index contributed by atoms with van der Waals surface area (Å²) in [4.78, 5) is 11.6. The van der Waals surface area contributed by atoms with E-state index in [-0.39, 0.29) is 17.0 Å². The maximum atomic E-state index is 12.7. The number of benzene rings is 1. The molecule has 8 heteroatoms. The van der Waals surface area contributed by atoms with Crippen molar-refractivity contribution < 1.29 is 22.7 Å². The Bertz CT molecular complexity index is 601. The molecule has 1 rings (SSSR count). The summed E-state index contributed by atoms with van der Waals surface area (Å²) in [6.45, 7) is 8.59. The van der Waals surface area contributed by atoms with Crippen LogP contribution in [0.4, 0.5) is 18.9 Å². The van der Waals surface area contributed by atoms with E-state index in [1.807, 2.05) is 27.7 Å². The van der Waals surface area contributed by atoms with Gasteiger partial charge in [0.25, 0.3) is 0 Å². The average molecular weight is 395 g/mol. The van der Waals surface area contributed by atoms with Gasteiger partial charge in [0.2, 0.25) is 0 Å². The Morgan fingerprint density at radius 1 is 1.27 bits per heavy atom. The van der Waals surface area contributed by atoms with E-state index in [4.69, 9.17) is 16.3 Å². The molecule has 1 aromatic carbocycles. The van der Waals surface area contributed by atoms with Gasteiger partial charge in [-0.15, -0.1) is 0 Å². The highest BCUT2D eigenvalue weighted by atomic mass is 35.5. The van der Waals surface area contributed by atoms with Gasteiger partial charge in [-0.25, -0.2) is 0 Å². The molecule has 0 aromatic heterocycles. The highest BCUT2D eigenvalue weighted by Gasteiger charge is 2.33. The Labute approximate surface area is 157 Å². The summed E-state index contributed by atoms with van der Waals surface area (Å²) >= 11 is 5.70. The fourth-order valence-electron chi connectivity index (χ4n) is 2.24. The van der Waals surface area contributed by atoms with Crippen molar-refractivity contribution in [2.24, 2.45) is 0 Å². The first-order chi connectivity index (χ1) is 11.9. The van der Waals surface area contributed by atoms with E-state index >= 15 is 0 Å². The van der Waals surface area contributed by atoms with Crippen LogP contribution in [-0.4, -0.2) is 30.7 Å². The lowest BCUT2D eigenvalue weighted by atomic mass is 10.2. The molecule has 0 spiro atoms. The molecule has 2 N–H and O–H groups in total. The molecule has 0 fully saturated rings. The molecule has 26 heavy (non-hydrogen) atoms. The van der Waals surface area contributed by atoms with Gasteiger partial charge in [0.15, 0.2) is 0 Å². The molecule has 0 unspecified atom stereocenters. The first kappa shape index (κ1) is 22.6. The van der Waals surface area contributed by atoms with Crippen LogP contribution in [0.5, 0.6) is 0 Å². The molecule has 0 radical (unpaired) electrons. The number of carbonyl (C=O) groups excluding carboxylic acids is 1. The van der Waals surface area contributed by atoms with E-state index in [0.717, 1.165) is 6.07 Å². The molecule has 0 saturated heterocycles. The minimum absolute atomic E-state index is 0.0238.